The zero-order chi connectivity index (χ0) is 20.9. The number of thiazole rings is 1. The Bertz CT molecular complexity index is 1130. The number of allylic oxidation sites excluding steroid dienone is 1. The Morgan fingerprint density at radius 1 is 1.27 bits per heavy atom. The Balaban J connectivity index is 1.40. The predicted octanol–water partition coefficient (Wildman–Crippen LogP) is 5.50. The highest BCUT2D eigenvalue weighted by molar-refractivity contribution is 7.98. The van der Waals surface area contributed by atoms with Gasteiger partial charge in [-0.05, 0) is 37.3 Å². The molecule has 0 amide bonds. The number of halogens is 1. The second-order valence-electron chi connectivity index (χ2n) is 6.36. The minimum Gasteiger partial charge on any atom is -0.486 e. The van der Waals surface area contributed by atoms with Gasteiger partial charge >= 0.3 is 0 Å². The van der Waals surface area contributed by atoms with Crippen molar-refractivity contribution in [1.29, 1.82) is 0 Å². The zero-order valence-electron chi connectivity index (χ0n) is 16.2. The third-order valence-corrected chi connectivity index (χ3v) is 6.12. The number of rotatable bonds is 9. The maximum Gasteiger partial charge on any atom is 0.192 e. The van der Waals surface area contributed by atoms with Gasteiger partial charge in [0, 0.05) is 17.7 Å². The molecular formula is C21H19FN4O2S2. The molecule has 0 aliphatic rings. The van der Waals surface area contributed by atoms with Crippen LogP contribution < -0.4 is 4.74 Å². The number of hydrogen-bond acceptors (Lipinski definition) is 7. The van der Waals surface area contributed by atoms with Crippen LogP contribution in [0.3, 0.4) is 0 Å². The van der Waals surface area contributed by atoms with Crippen LogP contribution in [0.2, 0.25) is 0 Å². The van der Waals surface area contributed by atoms with E-state index in [-0.39, 0.29) is 5.82 Å². The summed E-state index contributed by atoms with van der Waals surface area (Å²) >= 11 is 3.10. The monoisotopic (exact) mass is 442 g/mol. The molecule has 3 aromatic heterocycles. The summed E-state index contributed by atoms with van der Waals surface area (Å²) in [5.74, 6) is 2.55. The molecule has 0 fully saturated rings. The topological polar surface area (TPSA) is 66.0 Å². The average molecular weight is 443 g/mol. The van der Waals surface area contributed by atoms with Crippen molar-refractivity contribution in [2.75, 3.05) is 0 Å². The van der Waals surface area contributed by atoms with Crippen molar-refractivity contribution < 1.29 is 13.5 Å². The highest BCUT2D eigenvalue weighted by Crippen LogP contribution is 2.29. The maximum absolute atomic E-state index is 13.0. The summed E-state index contributed by atoms with van der Waals surface area (Å²) in [7, 11) is 0. The summed E-state index contributed by atoms with van der Waals surface area (Å²) in [4.78, 5) is 4.61. The molecule has 3 heterocycles. The largest absolute Gasteiger partial charge is 0.486 e. The molecule has 0 unspecified atom stereocenters. The first kappa shape index (κ1) is 20.4. The van der Waals surface area contributed by atoms with Gasteiger partial charge in [-0.3, -0.25) is 4.57 Å². The first-order valence-corrected chi connectivity index (χ1v) is 11.0. The van der Waals surface area contributed by atoms with Crippen LogP contribution in [-0.4, -0.2) is 19.7 Å². The lowest BCUT2D eigenvalue weighted by atomic mass is 10.2. The van der Waals surface area contributed by atoms with E-state index in [2.05, 4.69) is 21.8 Å². The standard InChI is InChI=1S/C21H19FN4O2S2/c1-3-9-26-20(18-8-10-27-14(18)2)24-25-21(26)30-13-16-12-29-19(23-16)11-28-17-6-4-15(22)5-7-17/h3-8,10,12H,1,9,11,13H2,2H3. The fraction of sp³-hybridized carbons (Fsp3) is 0.190. The van der Waals surface area contributed by atoms with Gasteiger partial charge in [-0.15, -0.1) is 28.1 Å². The van der Waals surface area contributed by atoms with Crippen LogP contribution in [0.15, 0.2) is 64.2 Å². The molecule has 4 aromatic rings. The molecule has 154 valence electrons. The van der Waals surface area contributed by atoms with E-state index < -0.39 is 0 Å². The summed E-state index contributed by atoms with van der Waals surface area (Å²) in [5.41, 5.74) is 1.86. The molecule has 0 N–H and O–H groups in total. The smallest absolute Gasteiger partial charge is 0.192 e. The fourth-order valence-electron chi connectivity index (χ4n) is 2.80. The molecule has 0 aliphatic heterocycles. The van der Waals surface area contributed by atoms with E-state index in [4.69, 9.17) is 9.15 Å². The molecule has 0 aliphatic carbocycles. The van der Waals surface area contributed by atoms with Crippen molar-refractivity contribution in [3.05, 3.63) is 76.9 Å². The fourth-order valence-corrected chi connectivity index (χ4v) is 4.45. The van der Waals surface area contributed by atoms with Crippen LogP contribution >= 0.6 is 23.1 Å². The normalized spacial score (nSPS) is 11.0. The van der Waals surface area contributed by atoms with E-state index in [1.54, 1.807) is 30.2 Å². The van der Waals surface area contributed by atoms with E-state index in [0.29, 0.717) is 24.7 Å². The first-order chi connectivity index (χ1) is 14.6. The number of nitrogens with zero attached hydrogens (tertiary/aromatic N) is 4. The minimum atomic E-state index is -0.286. The van der Waals surface area contributed by atoms with Gasteiger partial charge in [0.05, 0.1) is 17.5 Å². The highest BCUT2D eigenvalue weighted by atomic mass is 32.2. The average Bonchev–Trinajstić information content (AvgIpc) is 3.47. The van der Waals surface area contributed by atoms with Crippen LogP contribution in [0.5, 0.6) is 5.75 Å². The van der Waals surface area contributed by atoms with Gasteiger partial charge in [-0.25, -0.2) is 9.37 Å². The van der Waals surface area contributed by atoms with Crippen molar-refractivity contribution in [1.82, 2.24) is 19.7 Å². The number of hydrogen-bond donors (Lipinski definition) is 0. The number of furan rings is 1. The van der Waals surface area contributed by atoms with Gasteiger partial charge in [-0.1, -0.05) is 17.8 Å². The lowest BCUT2D eigenvalue weighted by molar-refractivity contribution is 0.305. The van der Waals surface area contributed by atoms with Gasteiger partial charge in [0.15, 0.2) is 11.0 Å². The molecular weight excluding hydrogens is 423 g/mol. The Morgan fingerprint density at radius 2 is 2.10 bits per heavy atom. The second-order valence-corrected chi connectivity index (χ2v) is 8.24. The second kappa shape index (κ2) is 9.27. The molecule has 0 radical (unpaired) electrons. The number of aryl methyl sites for hydroxylation is 1. The number of aromatic nitrogens is 4. The van der Waals surface area contributed by atoms with Crippen molar-refractivity contribution in [3.63, 3.8) is 0 Å². The molecule has 4 rings (SSSR count). The Kier molecular flexibility index (Phi) is 6.29. The number of thioether (sulfide) groups is 1. The predicted molar refractivity (Wildman–Crippen MR) is 115 cm³/mol. The van der Waals surface area contributed by atoms with Crippen LogP contribution in [0.4, 0.5) is 4.39 Å². The van der Waals surface area contributed by atoms with E-state index in [1.165, 1.54) is 23.5 Å². The zero-order valence-corrected chi connectivity index (χ0v) is 17.9. The van der Waals surface area contributed by atoms with Gasteiger partial charge < -0.3 is 9.15 Å². The molecule has 30 heavy (non-hydrogen) atoms. The van der Waals surface area contributed by atoms with Crippen LogP contribution in [-0.2, 0) is 18.9 Å². The van der Waals surface area contributed by atoms with Crippen molar-refractivity contribution >= 4 is 23.1 Å². The maximum atomic E-state index is 13.0. The lowest BCUT2D eigenvalue weighted by Gasteiger charge is -2.06. The van der Waals surface area contributed by atoms with E-state index in [1.807, 2.05) is 29.0 Å². The Hall–Kier alpha value is -2.91. The molecule has 0 saturated heterocycles. The van der Waals surface area contributed by atoms with Gasteiger partial charge in [0.1, 0.15) is 28.9 Å². The molecule has 6 nitrogen and oxygen atoms in total. The Labute approximate surface area is 181 Å². The number of benzene rings is 1. The molecule has 9 heteroatoms. The van der Waals surface area contributed by atoms with Crippen molar-refractivity contribution in [3.8, 4) is 17.1 Å². The quantitative estimate of drug-likeness (QED) is 0.252. The summed E-state index contributed by atoms with van der Waals surface area (Å²) in [6.45, 7) is 6.69. The summed E-state index contributed by atoms with van der Waals surface area (Å²) in [6.07, 6.45) is 3.47. The van der Waals surface area contributed by atoms with Crippen LogP contribution in [0.25, 0.3) is 11.4 Å². The number of ether oxygens (including phenoxy) is 1. The molecule has 0 saturated carbocycles. The van der Waals surface area contributed by atoms with Gasteiger partial charge in [0.2, 0.25) is 0 Å². The first-order valence-electron chi connectivity index (χ1n) is 9.17. The SMILES string of the molecule is C=CCn1c(SCc2csc(COc3ccc(F)cc3)n2)nnc1-c1ccoc1C. The summed E-state index contributed by atoms with van der Waals surface area (Å²) in [6, 6.07) is 7.84. The van der Waals surface area contributed by atoms with E-state index in [9.17, 15) is 4.39 Å². The lowest BCUT2D eigenvalue weighted by Crippen LogP contribution is -2.01. The molecule has 0 bridgehead atoms. The third kappa shape index (κ3) is 4.63. The highest BCUT2D eigenvalue weighted by Gasteiger charge is 2.17. The van der Waals surface area contributed by atoms with Gasteiger partial charge in [0.25, 0.3) is 0 Å². The van der Waals surface area contributed by atoms with E-state index in [0.717, 1.165) is 33.0 Å². The molecule has 0 atom stereocenters. The van der Waals surface area contributed by atoms with Crippen LogP contribution in [0.1, 0.15) is 16.5 Å². The molecule has 0 spiro atoms. The summed E-state index contributed by atoms with van der Waals surface area (Å²) in [5, 5.41) is 12.3. The van der Waals surface area contributed by atoms with Crippen molar-refractivity contribution in [2.24, 2.45) is 0 Å². The third-order valence-electron chi connectivity index (χ3n) is 4.25. The van der Waals surface area contributed by atoms with Crippen molar-refractivity contribution in [2.45, 2.75) is 31.0 Å². The van der Waals surface area contributed by atoms with E-state index >= 15 is 0 Å². The summed E-state index contributed by atoms with van der Waals surface area (Å²) < 4.78 is 26.0. The van der Waals surface area contributed by atoms with Crippen LogP contribution in [0, 0.1) is 12.7 Å². The minimum absolute atomic E-state index is 0.286. The van der Waals surface area contributed by atoms with Gasteiger partial charge in [-0.2, -0.15) is 0 Å². The molecule has 1 aromatic carbocycles. The Morgan fingerprint density at radius 3 is 2.83 bits per heavy atom.